The van der Waals surface area contributed by atoms with Crippen molar-refractivity contribution in [3.63, 3.8) is 0 Å². The van der Waals surface area contributed by atoms with Gasteiger partial charge in [0.15, 0.2) is 18.1 Å². The van der Waals surface area contributed by atoms with Gasteiger partial charge in [-0.15, -0.1) is 0 Å². The number of hydrazone groups is 1. The van der Waals surface area contributed by atoms with Crippen LogP contribution in [0.5, 0.6) is 11.5 Å². The van der Waals surface area contributed by atoms with Gasteiger partial charge in [0.1, 0.15) is 0 Å². The molecule has 3 amide bonds. The normalized spacial score (nSPS) is 10.7. The van der Waals surface area contributed by atoms with E-state index in [0.29, 0.717) is 39.3 Å². The first-order valence-electron chi connectivity index (χ1n) is 9.86. The van der Waals surface area contributed by atoms with Gasteiger partial charge in [-0.1, -0.05) is 37.0 Å². The van der Waals surface area contributed by atoms with Crippen molar-refractivity contribution >= 4 is 52.8 Å². The van der Waals surface area contributed by atoms with E-state index in [9.17, 15) is 14.4 Å². The average Bonchev–Trinajstić information content (AvgIpc) is 2.78. The molecule has 0 aliphatic carbocycles. The van der Waals surface area contributed by atoms with Gasteiger partial charge in [0.05, 0.1) is 24.0 Å². The molecular weight excluding hydrogens is 471 g/mol. The molecular formula is C22H24Cl2N4O5. The van der Waals surface area contributed by atoms with Gasteiger partial charge in [0.2, 0.25) is 0 Å². The maximum Gasteiger partial charge on any atom is 0.329 e. The second-order valence-corrected chi connectivity index (χ2v) is 8.02. The van der Waals surface area contributed by atoms with Crippen molar-refractivity contribution in [1.29, 1.82) is 0 Å². The van der Waals surface area contributed by atoms with Crippen LogP contribution < -0.4 is 25.5 Å². The summed E-state index contributed by atoms with van der Waals surface area (Å²) in [6.07, 6.45) is 1.34. The van der Waals surface area contributed by atoms with Crippen LogP contribution in [-0.2, 0) is 14.4 Å². The number of methoxy groups -OCH3 is 1. The Morgan fingerprint density at radius 1 is 1.06 bits per heavy atom. The van der Waals surface area contributed by atoms with Crippen LogP contribution in [0.15, 0.2) is 41.5 Å². The molecule has 2 aromatic carbocycles. The molecule has 0 bridgehead atoms. The van der Waals surface area contributed by atoms with Crippen LogP contribution in [-0.4, -0.2) is 44.2 Å². The number of carbonyl (C=O) groups is 3. The Hall–Kier alpha value is -3.30. The molecule has 9 nitrogen and oxygen atoms in total. The van der Waals surface area contributed by atoms with Crippen LogP contribution >= 0.6 is 23.2 Å². The number of nitrogens with zero attached hydrogens (tertiary/aromatic N) is 1. The van der Waals surface area contributed by atoms with Crippen LogP contribution in [0, 0.1) is 5.92 Å². The van der Waals surface area contributed by atoms with Gasteiger partial charge in [-0.3, -0.25) is 14.4 Å². The maximum atomic E-state index is 12.2. The zero-order valence-corrected chi connectivity index (χ0v) is 19.8. The van der Waals surface area contributed by atoms with Crippen molar-refractivity contribution in [2.75, 3.05) is 25.6 Å². The van der Waals surface area contributed by atoms with E-state index in [2.05, 4.69) is 21.2 Å². The second kappa shape index (κ2) is 12.7. The van der Waals surface area contributed by atoms with E-state index in [4.69, 9.17) is 32.7 Å². The Labute approximate surface area is 201 Å². The average molecular weight is 495 g/mol. The first-order chi connectivity index (χ1) is 15.7. The van der Waals surface area contributed by atoms with Crippen molar-refractivity contribution in [3.05, 3.63) is 52.0 Å². The van der Waals surface area contributed by atoms with E-state index in [-0.39, 0.29) is 12.5 Å². The minimum atomic E-state index is -0.870. The van der Waals surface area contributed by atoms with Crippen LogP contribution in [0.4, 0.5) is 5.69 Å². The Balaban J connectivity index is 1.91. The number of hydrogen-bond donors (Lipinski definition) is 3. The van der Waals surface area contributed by atoms with E-state index in [0.717, 1.165) is 0 Å². The third-order valence-electron chi connectivity index (χ3n) is 4.01. The molecule has 0 unspecified atom stereocenters. The van der Waals surface area contributed by atoms with Crippen molar-refractivity contribution < 1.29 is 23.9 Å². The standard InChI is InChI=1S/C22H24Cl2N4O5/c1-13(2)10-25-21(30)22(31)28-26-11-14-4-7-18(19(8-14)32-3)33-12-20(29)27-17-6-5-15(23)9-16(17)24/h4-9,11,13H,10,12H2,1-3H3,(H,25,30)(H,27,29)(H,28,31)/b26-11-. The highest BCUT2D eigenvalue weighted by atomic mass is 35.5. The van der Waals surface area contributed by atoms with Crippen LogP contribution in [0.25, 0.3) is 0 Å². The number of ether oxygens (including phenoxy) is 2. The van der Waals surface area contributed by atoms with E-state index in [1.165, 1.54) is 19.4 Å². The fourth-order valence-corrected chi connectivity index (χ4v) is 2.85. The van der Waals surface area contributed by atoms with E-state index in [1.54, 1.807) is 30.3 Å². The first-order valence-corrected chi connectivity index (χ1v) is 10.6. The molecule has 0 aliphatic heterocycles. The summed E-state index contributed by atoms with van der Waals surface area (Å²) in [5.41, 5.74) is 3.13. The van der Waals surface area contributed by atoms with Gasteiger partial charge in [-0.2, -0.15) is 5.10 Å². The minimum absolute atomic E-state index is 0.222. The Kier molecular flexibility index (Phi) is 9.96. The van der Waals surface area contributed by atoms with Crippen molar-refractivity contribution in [2.45, 2.75) is 13.8 Å². The fraction of sp³-hybridized carbons (Fsp3) is 0.273. The molecule has 3 N–H and O–H groups in total. The van der Waals surface area contributed by atoms with Crippen LogP contribution in [0.1, 0.15) is 19.4 Å². The highest BCUT2D eigenvalue weighted by Gasteiger charge is 2.13. The molecule has 0 saturated carbocycles. The van der Waals surface area contributed by atoms with Gasteiger partial charge >= 0.3 is 11.8 Å². The third kappa shape index (κ3) is 8.63. The molecule has 0 aliphatic rings. The highest BCUT2D eigenvalue weighted by Crippen LogP contribution is 2.28. The smallest absolute Gasteiger partial charge is 0.329 e. The molecule has 0 atom stereocenters. The van der Waals surface area contributed by atoms with Gasteiger partial charge in [-0.25, -0.2) is 5.43 Å². The number of halogens is 2. The summed E-state index contributed by atoms with van der Waals surface area (Å²) < 4.78 is 10.8. The molecule has 2 aromatic rings. The fourth-order valence-electron chi connectivity index (χ4n) is 2.40. The van der Waals surface area contributed by atoms with Gasteiger partial charge < -0.3 is 20.1 Å². The predicted octanol–water partition coefficient (Wildman–Crippen LogP) is 3.24. The van der Waals surface area contributed by atoms with E-state index < -0.39 is 17.7 Å². The lowest BCUT2D eigenvalue weighted by Gasteiger charge is -2.12. The molecule has 0 heterocycles. The molecule has 0 radical (unpaired) electrons. The topological polar surface area (TPSA) is 118 Å². The first kappa shape index (κ1) is 26.0. The molecule has 0 fully saturated rings. The lowest BCUT2D eigenvalue weighted by atomic mass is 10.2. The second-order valence-electron chi connectivity index (χ2n) is 7.17. The largest absolute Gasteiger partial charge is 0.493 e. The molecule has 0 aromatic heterocycles. The summed E-state index contributed by atoms with van der Waals surface area (Å²) in [5.74, 6) is -1.17. The Bertz CT molecular complexity index is 1040. The summed E-state index contributed by atoms with van der Waals surface area (Å²) >= 11 is 11.9. The van der Waals surface area contributed by atoms with Crippen molar-refractivity contribution in [2.24, 2.45) is 11.0 Å². The van der Waals surface area contributed by atoms with Gasteiger partial charge in [0.25, 0.3) is 5.91 Å². The third-order valence-corrected chi connectivity index (χ3v) is 4.56. The molecule has 176 valence electrons. The summed E-state index contributed by atoms with van der Waals surface area (Å²) in [5, 5.41) is 9.65. The number of hydrogen-bond acceptors (Lipinski definition) is 6. The van der Waals surface area contributed by atoms with Crippen LogP contribution in [0.2, 0.25) is 10.0 Å². The Morgan fingerprint density at radius 2 is 1.82 bits per heavy atom. The van der Waals surface area contributed by atoms with E-state index >= 15 is 0 Å². The number of benzene rings is 2. The lowest BCUT2D eigenvalue weighted by Crippen LogP contribution is -2.39. The SMILES string of the molecule is COc1cc(/C=N\NC(=O)C(=O)NCC(C)C)ccc1OCC(=O)Nc1ccc(Cl)cc1Cl. The van der Waals surface area contributed by atoms with Crippen molar-refractivity contribution in [3.8, 4) is 11.5 Å². The zero-order chi connectivity index (χ0) is 24.4. The number of amides is 3. The summed E-state index contributed by atoms with van der Waals surface area (Å²) in [6.45, 7) is 3.93. The van der Waals surface area contributed by atoms with Crippen molar-refractivity contribution in [1.82, 2.24) is 10.7 Å². The van der Waals surface area contributed by atoms with E-state index in [1.807, 2.05) is 13.8 Å². The summed E-state index contributed by atoms with van der Waals surface area (Å²) in [4.78, 5) is 35.5. The quantitative estimate of drug-likeness (QED) is 0.281. The number of carbonyl (C=O) groups excluding carboxylic acids is 3. The molecule has 33 heavy (non-hydrogen) atoms. The monoisotopic (exact) mass is 494 g/mol. The molecule has 11 heteroatoms. The number of rotatable bonds is 9. The maximum absolute atomic E-state index is 12.2. The number of anilines is 1. The summed E-state index contributed by atoms with van der Waals surface area (Å²) in [7, 11) is 1.44. The highest BCUT2D eigenvalue weighted by molar-refractivity contribution is 6.36. The Morgan fingerprint density at radius 3 is 2.48 bits per heavy atom. The van der Waals surface area contributed by atoms with Crippen LogP contribution in [0.3, 0.4) is 0 Å². The number of nitrogens with one attached hydrogen (secondary N) is 3. The lowest BCUT2D eigenvalue weighted by molar-refractivity contribution is -0.139. The van der Waals surface area contributed by atoms with Gasteiger partial charge in [-0.05, 0) is 47.9 Å². The summed E-state index contributed by atoms with van der Waals surface area (Å²) in [6, 6.07) is 9.53. The zero-order valence-electron chi connectivity index (χ0n) is 18.3. The predicted molar refractivity (Wildman–Crippen MR) is 127 cm³/mol. The minimum Gasteiger partial charge on any atom is -0.493 e. The van der Waals surface area contributed by atoms with Gasteiger partial charge in [0, 0.05) is 11.6 Å². The molecule has 0 spiro atoms. The molecule has 0 saturated heterocycles. The molecule has 2 rings (SSSR count).